The summed E-state index contributed by atoms with van der Waals surface area (Å²) in [6.07, 6.45) is 0.836. The lowest BCUT2D eigenvalue weighted by Crippen LogP contribution is -2.54. The highest BCUT2D eigenvalue weighted by atomic mass is 35.5. The molecule has 0 aromatic heterocycles. The van der Waals surface area contributed by atoms with Crippen LogP contribution in [-0.2, 0) is 32.6 Å². The zero-order valence-electron chi connectivity index (χ0n) is 24.6. The van der Waals surface area contributed by atoms with Gasteiger partial charge in [-0.25, -0.2) is 12.8 Å². The molecule has 0 bridgehead atoms. The molecule has 2 atom stereocenters. The first-order valence-corrected chi connectivity index (χ1v) is 16.1. The summed E-state index contributed by atoms with van der Waals surface area (Å²) in [7, 11) is -4.39. The van der Waals surface area contributed by atoms with Gasteiger partial charge < -0.3 is 10.2 Å². The van der Waals surface area contributed by atoms with Crippen LogP contribution >= 0.6 is 11.6 Å². The van der Waals surface area contributed by atoms with Crippen molar-refractivity contribution in [3.63, 3.8) is 0 Å². The van der Waals surface area contributed by atoms with Crippen LogP contribution in [0.2, 0.25) is 5.02 Å². The van der Waals surface area contributed by atoms with Crippen molar-refractivity contribution in [3.05, 3.63) is 131 Å². The largest absolute Gasteiger partial charge is 0.352 e. The van der Waals surface area contributed by atoms with Crippen LogP contribution in [0.1, 0.15) is 31.4 Å². The molecule has 4 aromatic carbocycles. The van der Waals surface area contributed by atoms with E-state index in [1.54, 1.807) is 42.5 Å². The van der Waals surface area contributed by atoms with Crippen LogP contribution < -0.4 is 9.62 Å². The van der Waals surface area contributed by atoms with E-state index in [4.69, 9.17) is 11.6 Å². The van der Waals surface area contributed by atoms with E-state index < -0.39 is 34.3 Å². The van der Waals surface area contributed by atoms with Gasteiger partial charge >= 0.3 is 0 Å². The van der Waals surface area contributed by atoms with Gasteiger partial charge in [-0.1, -0.05) is 91.3 Å². The lowest BCUT2D eigenvalue weighted by molar-refractivity contribution is -0.140. The molecular weight excluding hydrogens is 601 g/mol. The Labute approximate surface area is 263 Å². The first-order valence-electron chi connectivity index (χ1n) is 14.3. The Morgan fingerprint density at radius 3 is 2.11 bits per heavy atom. The zero-order valence-corrected chi connectivity index (χ0v) is 26.1. The molecule has 0 saturated heterocycles. The second-order valence-electron chi connectivity index (χ2n) is 10.5. The number of nitrogens with one attached hydrogen (secondary N) is 1. The Bertz CT molecular complexity index is 1670. The number of nitrogens with zero attached hydrogens (tertiary/aromatic N) is 2. The Morgan fingerprint density at radius 2 is 1.48 bits per heavy atom. The third kappa shape index (κ3) is 8.24. The molecule has 4 rings (SSSR count). The fourth-order valence-electron chi connectivity index (χ4n) is 4.71. The van der Waals surface area contributed by atoms with Gasteiger partial charge in [0.05, 0.1) is 10.6 Å². The summed E-state index contributed by atoms with van der Waals surface area (Å²) in [6, 6.07) is 27.9. The maximum Gasteiger partial charge on any atom is 0.264 e. The number of carbonyl (C=O) groups excluding carboxylic acids is 2. The highest BCUT2D eigenvalue weighted by molar-refractivity contribution is 7.92. The van der Waals surface area contributed by atoms with Crippen LogP contribution in [0.25, 0.3) is 0 Å². The van der Waals surface area contributed by atoms with Crippen LogP contribution in [0, 0.1) is 5.82 Å². The van der Waals surface area contributed by atoms with Crippen molar-refractivity contribution < 1.29 is 22.4 Å². The minimum Gasteiger partial charge on any atom is -0.352 e. The van der Waals surface area contributed by atoms with Crippen LogP contribution in [0.5, 0.6) is 0 Å². The molecule has 0 radical (unpaired) electrons. The van der Waals surface area contributed by atoms with E-state index >= 15 is 4.39 Å². The number of hydrogen-bond acceptors (Lipinski definition) is 4. The summed E-state index contributed by atoms with van der Waals surface area (Å²) >= 11 is 6.26. The predicted molar refractivity (Wildman–Crippen MR) is 171 cm³/mol. The summed E-state index contributed by atoms with van der Waals surface area (Å²) in [6.45, 7) is 3.02. The van der Waals surface area contributed by atoms with Crippen molar-refractivity contribution in [1.82, 2.24) is 10.2 Å². The predicted octanol–water partition coefficient (Wildman–Crippen LogP) is 6.23. The van der Waals surface area contributed by atoms with Crippen molar-refractivity contribution in [2.45, 2.75) is 50.2 Å². The van der Waals surface area contributed by atoms with E-state index in [-0.39, 0.29) is 35.5 Å². The Balaban J connectivity index is 1.81. The number of rotatable bonds is 13. The molecule has 230 valence electrons. The maximum absolute atomic E-state index is 15.2. The molecule has 0 saturated carbocycles. The number of sulfonamides is 1. The van der Waals surface area contributed by atoms with Gasteiger partial charge in [0.15, 0.2) is 0 Å². The van der Waals surface area contributed by atoms with Gasteiger partial charge in [-0.2, -0.15) is 0 Å². The van der Waals surface area contributed by atoms with E-state index in [2.05, 4.69) is 5.32 Å². The van der Waals surface area contributed by atoms with E-state index in [1.165, 1.54) is 35.2 Å². The Morgan fingerprint density at radius 1 is 0.864 bits per heavy atom. The first-order chi connectivity index (χ1) is 21.1. The molecule has 44 heavy (non-hydrogen) atoms. The van der Waals surface area contributed by atoms with Gasteiger partial charge in [0, 0.05) is 24.0 Å². The van der Waals surface area contributed by atoms with Gasteiger partial charge in [-0.15, -0.1) is 0 Å². The monoisotopic (exact) mass is 635 g/mol. The van der Waals surface area contributed by atoms with Crippen molar-refractivity contribution in [2.24, 2.45) is 0 Å². The van der Waals surface area contributed by atoms with E-state index in [1.807, 2.05) is 44.2 Å². The molecule has 0 spiro atoms. The highest BCUT2D eigenvalue weighted by Crippen LogP contribution is 2.27. The van der Waals surface area contributed by atoms with Gasteiger partial charge in [0.1, 0.15) is 18.4 Å². The van der Waals surface area contributed by atoms with Gasteiger partial charge in [0.25, 0.3) is 10.0 Å². The number of para-hydroxylation sites is 1. The molecule has 0 unspecified atom stereocenters. The minimum atomic E-state index is -4.39. The maximum atomic E-state index is 15.2. The standard InChI is InChI=1S/C34H35ClFN3O4S/c1-3-25(2)37-34(41)32(22-26-13-6-4-7-14-26)38(23-27-15-12-16-28(35)21-27)33(40)24-39(31-20-11-10-19-30(31)36)44(42,43)29-17-8-5-9-18-29/h4-21,25,32H,3,22-24H2,1-2H3,(H,37,41)/t25-,32-/m0/s1. The number of halogens is 2. The SMILES string of the molecule is CC[C@H](C)NC(=O)[C@H](Cc1ccccc1)N(Cc1cccc(Cl)c1)C(=O)CN(c1ccccc1F)S(=O)(=O)c1ccccc1. The molecule has 0 aliphatic heterocycles. The fraction of sp³-hybridized carbons (Fsp3) is 0.235. The Hall–Kier alpha value is -4.21. The lowest BCUT2D eigenvalue weighted by Gasteiger charge is -2.34. The van der Waals surface area contributed by atoms with Crippen LogP contribution in [0.4, 0.5) is 10.1 Å². The first kappa shape index (κ1) is 32.7. The highest BCUT2D eigenvalue weighted by Gasteiger charge is 2.35. The van der Waals surface area contributed by atoms with Crippen molar-refractivity contribution in [3.8, 4) is 0 Å². The second kappa shape index (κ2) is 15.0. The molecule has 7 nitrogen and oxygen atoms in total. The fourth-order valence-corrected chi connectivity index (χ4v) is 6.37. The second-order valence-corrected chi connectivity index (χ2v) is 12.7. The molecule has 1 N–H and O–H groups in total. The molecule has 0 fully saturated rings. The average Bonchev–Trinajstić information content (AvgIpc) is 3.02. The average molecular weight is 636 g/mol. The third-order valence-corrected chi connectivity index (χ3v) is 9.25. The van der Waals surface area contributed by atoms with E-state index in [0.29, 0.717) is 17.0 Å². The van der Waals surface area contributed by atoms with Crippen LogP contribution in [-0.4, -0.2) is 43.8 Å². The summed E-state index contributed by atoms with van der Waals surface area (Å²) in [5.74, 6) is -1.88. The number of benzene rings is 4. The quantitative estimate of drug-likeness (QED) is 0.189. The van der Waals surface area contributed by atoms with Crippen molar-refractivity contribution >= 4 is 39.1 Å². The third-order valence-electron chi connectivity index (χ3n) is 7.25. The summed E-state index contributed by atoms with van der Waals surface area (Å²) in [4.78, 5) is 29.5. The van der Waals surface area contributed by atoms with Crippen LogP contribution in [0.3, 0.4) is 0 Å². The number of anilines is 1. The minimum absolute atomic E-state index is 0.0404. The van der Waals surface area contributed by atoms with Crippen molar-refractivity contribution in [2.75, 3.05) is 10.8 Å². The van der Waals surface area contributed by atoms with Gasteiger partial charge in [-0.3, -0.25) is 13.9 Å². The number of amides is 2. The van der Waals surface area contributed by atoms with E-state index in [0.717, 1.165) is 15.9 Å². The molecule has 2 amide bonds. The molecule has 4 aromatic rings. The smallest absolute Gasteiger partial charge is 0.264 e. The van der Waals surface area contributed by atoms with Gasteiger partial charge in [0.2, 0.25) is 11.8 Å². The van der Waals surface area contributed by atoms with Crippen LogP contribution in [0.15, 0.2) is 114 Å². The molecular formula is C34H35ClFN3O4S. The molecule has 0 aliphatic carbocycles. The lowest BCUT2D eigenvalue weighted by atomic mass is 10.0. The Kier molecular flexibility index (Phi) is 11.1. The normalized spacial score (nSPS) is 12.6. The summed E-state index contributed by atoms with van der Waals surface area (Å²) in [5.41, 5.74) is 1.17. The summed E-state index contributed by atoms with van der Waals surface area (Å²) in [5, 5.41) is 3.42. The molecule has 10 heteroatoms. The van der Waals surface area contributed by atoms with E-state index in [9.17, 15) is 18.0 Å². The summed E-state index contributed by atoms with van der Waals surface area (Å²) < 4.78 is 43.8. The topological polar surface area (TPSA) is 86.8 Å². The zero-order chi connectivity index (χ0) is 31.7. The van der Waals surface area contributed by atoms with Crippen molar-refractivity contribution in [1.29, 1.82) is 0 Å². The molecule has 0 heterocycles. The molecule has 0 aliphatic rings. The number of hydrogen-bond donors (Lipinski definition) is 1. The van der Waals surface area contributed by atoms with Gasteiger partial charge in [-0.05, 0) is 60.9 Å². The number of carbonyl (C=O) groups is 2.